The second-order valence-electron chi connectivity index (χ2n) is 10.3. The number of aryl methyl sites for hydroxylation is 1. The molecular formula is C32H30ClN3O5S. The predicted octanol–water partition coefficient (Wildman–Crippen LogP) is 8.04. The number of carboxylic acid groups (broad SMARTS) is 2. The van der Waals surface area contributed by atoms with Crippen LogP contribution in [0.15, 0.2) is 66.7 Å². The Bertz CT molecular complexity index is 1740. The number of carboxylic acids is 2. The zero-order valence-corrected chi connectivity index (χ0v) is 24.6. The maximum Gasteiger partial charge on any atom is 0.335 e. The SMILES string of the molecule is Cc1nc(-c2ccc(C(=O)O)cc2)c(COc2ccc(-c3nc4cc(C(=O)O)ccc4n3C3CCCCC3)cc2)s1.Cl. The first-order chi connectivity index (χ1) is 19.9. The van der Waals surface area contributed by atoms with E-state index >= 15 is 0 Å². The minimum atomic E-state index is -0.961. The lowest BCUT2D eigenvalue weighted by Crippen LogP contribution is -2.14. The average Bonchev–Trinajstić information content (AvgIpc) is 3.56. The van der Waals surface area contributed by atoms with Crippen molar-refractivity contribution in [2.75, 3.05) is 0 Å². The van der Waals surface area contributed by atoms with Gasteiger partial charge >= 0.3 is 11.9 Å². The molecule has 2 heterocycles. The minimum absolute atomic E-state index is 0. The fourth-order valence-corrected chi connectivity index (χ4v) is 6.43. The first-order valence-corrected chi connectivity index (χ1v) is 14.5. The lowest BCUT2D eigenvalue weighted by atomic mass is 9.95. The molecule has 0 saturated heterocycles. The van der Waals surface area contributed by atoms with E-state index in [0.29, 0.717) is 23.9 Å². The number of fused-ring (bicyclic) bond motifs is 1. The number of halogens is 1. The molecule has 0 atom stereocenters. The summed E-state index contributed by atoms with van der Waals surface area (Å²) in [6, 6.07) is 20.1. The molecule has 3 aromatic carbocycles. The van der Waals surface area contributed by atoms with E-state index < -0.39 is 11.9 Å². The van der Waals surface area contributed by atoms with Gasteiger partial charge in [-0.05, 0) is 74.4 Å². The van der Waals surface area contributed by atoms with E-state index in [2.05, 4.69) is 9.55 Å². The van der Waals surface area contributed by atoms with Crippen LogP contribution >= 0.6 is 23.7 Å². The summed E-state index contributed by atoms with van der Waals surface area (Å²) in [5.41, 5.74) is 4.71. The van der Waals surface area contributed by atoms with Gasteiger partial charge in [0.25, 0.3) is 0 Å². The van der Waals surface area contributed by atoms with E-state index in [1.165, 1.54) is 19.3 Å². The Balaban J connectivity index is 0.00000353. The molecule has 2 N–H and O–H groups in total. The van der Waals surface area contributed by atoms with Crippen LogP contribution in [0.3, 0.4) is 0 Å². The molecule has 0 spiro atoms. The van der Waals surface area contributed by atoms with Gasteiger partial charge in [-0.3, -0.25) is 0 Å². The van der Waals surface area contributed by atoms with Gasteiger partial charge in [0.2, 0.25) is 0 Å². The van der Waals surface area contributed by atoms with Gasteiger partial charge in [0, 0.05) is 17.2 Å². The number of aromatic nitrogens is 3. The Morgan fingerprint density at radius 1 is 0.881 bits per heavy atom. The summed E-state index contributed by atoms with van der Waals surface area (Å²) in [4.78, 5) is 33.3. The molecule has 0 unspecified atom stereocenters. The van der Waals surface area contributed by atoms with Crippen molar-refractivity contribution in [2.24, 2.45) is 0 Å². The van der Waals surface area contributed by atoms with Crippen molar-refractivity contribution in [1.82, 2.24) is 14.5 Å². The molecule has 0 radical (unpaired) electrons. The maximum atomic E-state index is 11.6. The number of rotatable bonds is 8. The number of imidazole rings is 1. The van der Waals surface area contributed by atoms with E-state index in [4.69, 9.17) is 9.72 Å². The lowest BCUT2D eigenvalue weighted by molar-refractivity contribution is 0.0686. The van der Waals surface area contributed by atoms with E-state index in [1.807, 2.05) is 37.3 Å². The van der Waals surface area contributed by atoms with Gasteiger partial charge in [-0.15, -0.1) is 23.7 Å². The number of hydrogen-bond acceptors (Lipinski definition) is 6. The van der Waals surface area contributed by atoms with Crippen LogP contribution in [-0.2, 0) is 6.61 Å². The quantitative estimate of drug-likeness (QED) is 0.184. The highest BCUT2D eigenvalue weighted by atomic mass is 35.5. The first kappa shape index (κ1) is 29.3. The molecule has 42 heavy (non-hydrogen) atoms. The zero-order valence-electron chi connectivity index (χ0n) is 22.9. The van der Waals surface area contributed by atoms with Crippen molar-refractivity contribution in [3.8, 4) is 28.4 Å². The van der Waals surface area contributed by atoms with Crippen LogP contribution < -0.4 is 4.74 Å². The topological polar surface area (TPSA) is 115 Å². The fraction of sp³-hybridized carbons (Fsp3) is 0.250. The van der Waals surface area contributed by atoms with Gasteiger partial charge in [-0.1, -0.05) is 31.4 Å². The normalized spacial score (nSPS) is 13.5. The molecule has 216 valence electrons. The Hall–Kier alpha value is -4.21. The van der Waals surface area contributed by atoms with E-state index in [-0.39, 0.29) is 23.5 Å². The summed E-state index contributed by atoms with van der Waals surface area (Å²) < 4.78 is 8.44. The van der Waals surface area contributed by atoms with Crippen LogP contribution in [0, 0.1) is 6.92 Å². The summed E-state index contributed by atoms with van der Waals surface area (Å²) in [5.74, 6) is -0.372. The van der Waals surface area contributed by atoms with Crippen molar-refractivity contribution in [3.63, 3.8) is 0 Å². The van der Waals surface area contributed by atoms with Crippen molar-refractivity contribution >= 4 is 46.7 Å². The largest absolute Gasteiger partial charge is 0.488 e. The third-order valence-corrected chi connectivity index (χ3v) is 8.51. The molecule has 5 aromatic rings. The van der Waals surface area contributed by atoms with Crippen LogP contribution in [0.5, 0.6) is 5.75 Å². The molecule has 1 fully saturated rings. The van der Waals surface area contributed by atoms with E-state index in [0.717, 1.165) is 50.9 Å². The molecular weight excluding hydrogens is 574 g/mol. The Kier molecular flexibility index (Phi) is 8.61. The van der Waals surface area contributed by atoms with Crippen molar-refractivity contribution in [3.05, 3.63) is 87.7 Å². The third kappa shape index (κ3) is 5.89. The second-order valence-corrected chi connectivity index (χ2v) is 11.6. The number of thiazole rings is 1. The summed E-state index contributed by atoms with van der Waals surface area (Å²) in [7, 11) is 0. The molecule has 1 aliphatic carbocycles. The molecule has 10 heteroatoms. The number of ether oxygens (including phenoxy) is 1. The molecule has 0 aliphatic heterocycles. The summed E-state index contributed by atoms with van der Waals surface area (Å²) in [6.07, 6.45) is 5.74. The number of nitrogens with zero attached hydrogens (tertiary/aromatic N) is 3. The predicted molar refractivity (Wildman–Crippen MR) is 165 cm³/mol. The summed E-state index contributed by atoms with van der Waals surface area (Å²) in [5, 5.41) is 19.6. The molecule has 0 bridgehead atoms. The molecule has 1 saturated carbocycles. The molecule has 6 rings (SSSR count). The fourth-order valence-electron chi connectivity index (χ4n) is 5.56. The van der Waals surface area contributed by atoms with E-state index in [1.54, 1.807) is 47.7 Å². The van der Waals surface area contributed by atoms with Crippen molar-refractivity contribution < 1.29 is 24.5 Å². The van der Waals surface area contributed by atoms with Gasteiger partial charge in [-0.2, -0.15) is 0 Å². The summed E-state index contributed by atoms with van der Waals surface area (Å²) >= 11 is 1.55. The Labute approximate surface area is 253 Å². The van der Waals surface area contributed by atoms with Crippen LogP contribution in [0.4, 0.5) is 0 Å². The van der Waals surface area contributed by atoms with Crippen LogP contribution in [0.2, 0.25) is 0 Å². The average molecular weight is 604 g/mol. The second kappa shape index (κ2) is 12.3. The smallest absolute Gasteiger partial charge is 0.335 e. The first-order valence-electron chi connectivity index (χ1n) is 13.7. The highest BCUT2D eigenvalue weighted by molar-refractivity contribution is 7.12. The number of aromatic carboxylic acids is 2. The third-order valence-electron chi connectivity index (χ3n) is 7.57. The van der Waals surface area contributed by atoms with Gasteiger partial charge in [-0.25, -0.2) is 19.6 Å². The van der Waals surface area contributed by atoms with E-state index in [9.17, 15) is 19.8 Å². The molecule has 1 aliphatic rings. The van der Waals surface area contributed by atoms with Gasteiger partial charge in [0.15, 0.2) is 0 Å². The highest BCUT2D eigenvalue weighted by Crippen LogP contribution is 2.37. The van der Waals surface area contributed by atoms with Crippen molar-refractivity contribution in [1.29, 1.82) is 0 Å². The number of hydrogen-bond donors (Lipinski definition) is 2. The minimum Gasteiger partial charge on any atom is -0.488 e. The van der Waals surface area contributed by atoms with Crippen molar-refractivity contribution in [2.45, 2.75) is 51.7 Å². The van der Waals surface area contributed by atoms with Gasteiger partial charge in [0.1, 0.15) is 18.2 Å². The number of carbonyl (C=O) groups is 2. The Morgan fingerprint density at radius 3 is 2.19 bits per heavy atom. The zero-order chi connectivity index (χ0) is 28.5. The highest BCUT2D eigenvalue weighted by Gasteiger charge is 2.23. The maximum absolute atomic E-state index is 11.6. The number of benzene rings is 3. The Morgan fingerprint density at radius 2 is 1.52 bits per heavy atom. The van der Waals surface area contributed by atoms with Crippen LogP contribution in [0.1, 0.15) is 68.7 Å². The van der Waals surface area contributed by atoms with Gasteiger partial charge in [0.05, 0.1) is 37.7 Å². The molecule has 8 nitrogen and oxygen atoms in total. The lowest BCUT2D eigenvalue weighted by Gasteiger charge is -2.25. The molecule has 0 amide bonds. The van der Waals surface area contributed by atoms with Crippen LogP contribution in [0.25, 0.3) is 33.7 Å². The monoisotopic (exact) mass is 603 g/mol. The van der Waals surface area contributed by atoms with Gasteiger partial charge < -0.3 is 19.5 Å². The van der Waals surface area contributed by atoms with Crippen LogP contribution in [-0.4, -0.2) is 36.7 Å². The molecule has 2 aromatic heterocycles. The standard InChI is InChI=1S/C32H29N3O5S.ClH/c1-19-33-29(20-7-9-22(10-8-20)31(36)37)28(41-19)18-40-25-14-11-21(12-15-25)30-34-26-17-23(32(38)39)13-16-27(26)35(30)24-5-3-2-4-6-24;/h7-17,24H,2-6,18H2,1H3,(H,36,37)(H,38,39);1H. The summed E-state index contributed by atoms with van der Waals surface area (Å²) in [6.45, 7) is 2.27.